The van der Waals surface area contributed by atoms with Crippen molar-refractivity contribution >= 4 is 37.5 Å². The molecule has 0 bridgehead atoms. The summed E-state index contributed by atoms with van der Waals surface area (Å²) in [5.41, 5.74) is 1.35. The zero-order valence-corrected chi connectivity index (χ0v) is 19.2. The molecule has 0 aliphatic heterocycles. The Bertz CT molecular complexity index is 1260. The number of carbonyl (C=O) groups excluding carboxylic acids is 1. The molecule has 0 spiro atoms. The molecular weight excluding hydrogens is 434 g/mol. The molecule has 3 aromatic rings. The largest absolute Gasteiger partial charge is 0.380 e. The SMILES string of the molecule is CCOCCn1c(=NC(=O)c2ccc(S(=O)(=O)N(C)C3CC3)cc2)sc2ccccc21. The fraction of sp³-hybridized carbons (Fsp3) is 0.364. The second-order valence-electron chi connectivity index (χ2n) is 7.39. The van der Waals surface area contributed by atoms with E-state index in [1.165, 1.54) is 39.9 Å². The highest BCUT2D eigenvalue weighted by atomic mass is 32.2. The smallest absolute Gasteiger partial charge is 0.279 e. The number of rotatable bonds is 8. The molecule has 2 aromatic carbocycles. The number of sulfonamides is 1. The summed E-state index contributed by atoms with van der Waals surface area (Å²) >= 11 is 1.44. The van der Waals surface area contributed by atoms with Crippen LogP contribution in [0, 0.1) is 0 Å². The maximum Gasteiger partial charge on any atom is 0.279 e. The van der Waals surface area contributed by atoms with Gasteiger partial charge in [-0.3, -0.25) is 4.79 Å². The molecule has 1 aliphatic rings. The van der Waals surface area contributed by atoms with E-state index in [-0.39, 0.29) is 10.9 Å². The fourth-order valence-corrected chi connectivity index (χ4v) is 5.81. The lowest BCUT2D eigenvalue weighted by molar-refractivity contribution is 0.0996. The monoisotopic (exact) mass is 459 g/mol. The quantitative estimate of drug-likeness (QED) is 0.484. The van der Waals surface area contributed by atoms with E-state index < -0.39 is 15.9 Å². The van der Waals surface area contributed by atoms with Crippen LogP contribution >= 0.6 is 11.3 Å². The molecule has 1 fully saturated rings. The van der Waals surface area contributed by atoms with Crippen molar-refractivity contribution in [2.75, 3.05) is 20.3 Å². The number of fused-ring (bicyclic) bond motifs is 1. The third-order valence-corrected chi connectivity index (χ3v) is 8.27. The van der Waals surface area contributed by atoms with E-state index in [9.17, 15) is 13.2 Å². The number of nitrogens with zero attached hydrogens (tertiary/aromatic N) is 3. The number of benzene rings is 2. The van der Waals surface area contributed by atoms with E-state index in [0.29, 0.717) is 30.1 Å². The van der Waals surface area contributed by atoms with Crippen molar-refractivity contribution in [3.8, 4) is 0 Å². The predicted octanol–water partition coefficient (Wildman–Crippen LogP) is 3.26. The van der Waals surface area contributed by atoms with Crippen molar-refractivity contribution in [3.63, 3.8) is 0 Å². The van der Waals surface area contributed by atoms with Crippen LogP contribution in [0.25, 0.3) is 10.2 Å². The van der Waals surface area contributed by atoms with Gasteiger partial charge < -0.3 is 9.30 Å². The van der Waals surface area contributed by atoms with E-state index in [1.54, 1.807) is 7.05 Å². The molecule has 9 heteroatoms. The summed E-state index contributed by atoms with van der Waals surface area (Å²) in [6.45, 7) is 3.69. The standard InChI is InChI=1S/C22H25N3O4S2/c1-3-29-15-14-25-19-6-4-5-7-20(19)30-22(25)23-21(26)16-8-12-18(13-9-16)31(27,28)24(2)17-10-11-17/h4-9,12-13,17H,3,10-11,14-15H2,1-2H3. The lowest BCUT2D eigenvalue weighted by atomic mass is 10.2. The summed E-state index contributed by atoms with van der Waals surface area (Å²) in [5, 5.41) is 0. The molecule has 0 radical (unpaired) electrons. The maximum absolute atomic E-state index is 12.8. The van der Waals surface area contributed by atoms with Crippen LogP contribution < -0.4 is 4.80 Å². The molecule has 1 aromatic heterocycles. The fourth-order valence-electron chi connectivity index (χ4n) is 3.34. The molecule has 1 saturated carbocycles. The second-order valence-corrected chi connectivity index (χ2v) is 10.4. The number of hydrogen-bond donors (Lipinski definition) is 0. The number of thiazole rings is 1. The van der Waals surface area contributed by atoms with E-state index in [0.717, 1.165) is 23.1 Å². The Morgan fingerprint density at radius 3 is 2.58 bits per heavy atom. The number of hydrogen-bond acceptors (Lipinski definition) is 5. The lowest BCUT2D eigenvalue weighted by Crippen LogP contribution is -2.28. The highest BCUT2D eigenvalue weighted by Crippen LogP contribution is 2.30. The van der Waals surface area contributed by atoms with Crippen LogP contribution in [0.15, 0.2) is 58.4 Å². The van der Waals surface area contributed by atoms with Gasteiger partial charge in [0.2, 0.25) is 10.0 Å². The van der Waals surface area contributed by atoms with Crippen LogP contribution in [-0.4, -0.2) is 49.5 Å². The Morgan fingerprint density at radius 1 is 1.19 bits per heavy atom. The molecule has 0 unspecified atom stereocenters. The van der Waals surface area contributed by atoms with Gasteiger partial charge in [-0.1, -0.05) is 23.5 Å². The Hall–Kier alpha value is -2.33. The first kappa shape index (κ1) is 21.9. The average molecular weight is 460 g/mol. The normalized spacial score (nSPS) is 15.1. The van der Waals surface area contributed by atoms with Crippen molar-refractivity contribution in [1.29, 1.82) is 0 Å². The highest BCUT2D eigenvalue weighted by molar-refractivity contribution is 7.89. The average Bonchev–Trinajstić information content (AvgIpc) is 3.56. The zero-order chi connectivity index (χ0) is 22.0. The molecule has 1 amide bonds. The summed E-state index contributed by atoms with van der Waals surface area (Å²) in [5.74, 6) is -0.406. The van der Waals surface area contributed by atoms with Crippen LogP contribution in [0.4, 0.5) is 0 Å². The van der Waals surface area contributed by atoms with Crippen LogP contribution in [0.2, 0.25) is 0 Å². The third-order valence-electron chi connectivity index (χ3n) is 5.29. The van der Waals surface area contributed by atoms with Gasteiger partial charge in [0, 0.05) is 31.8 Å². The molecule has 4 rings (SSSR count). The van der Waals surface area contributed by atoms with Crippen LogP contribution in [0.1, 0.15) is 30.1 Å². The van der Waals surface area contributed by atoms with Crippen LogP contribution in [0.3, 0.4) is 0 Å². The number of para-hydroxylation sites is 1. The predicted molar refractivity (Wildman–Crippen MR) is 121 cm³/mol. The summed E-state index contributed by atoms with van der Waals surface area (Å²) < 4.78 is 35.2. The summed E-state index contributed by atoms with van der Waals surface area (Å²) in [7, 11) is -1.94. The Balaban J connectivity index is 1.63. The molecule has 164 valence electrons. The number of ether oxygens (including phenoxy) is 1. The first-order valence-electron chi connectivity index (χ1n) is 10.2. The van der Waals surface area contributed by atoms with Gasteiger partial charge in [-0.05, 0) is 56.2 Å². The van der Waals surface area contributed by atoms with Gasteiger partial charge in [-0.25, -0.2) is 8.42 Å². The zero-order valence-electron chi connectivity index (χ0n) is 17.5. The molecule has 0 atom stereocenters. The Kier molecular flexibility index (Phi) is 6.38. The third kappa shape index (κ3) is 4.64. The minimum atomic E-state index is -3.54. The summed E-state index contributed by atoms with van der Waals surface area (Å²) in [4.78, 5) is 17.9. The van der Waals surface area contributed by atoms with Gasteiger partial charge in [0.25, 0.3) is 5.91 Å². The number of amides is 1. The minimum absolute atomic E-state index is 0.0846. The Morgan fingerprint density at radius 2 is 1.90 bits per heavy atom. The topological polar surface area (TPSA) is 81.0 Å². The van der Waals surface area contributed by atoms with E-state index in [2.05, 4.69) is 4.99 Å². The molecule has 31 heavy (non-hydrogen) atoms. The molecule has 7 nitrogen and oxygen atoms in total. The minimum Gasteiger partial charge on any atom is -0.380 e. The first-order valence-corrected chi connectivity index (χ1v) is 12.5. The lowest BCUT2D eigenvalue weighted by Gasteiger charge is -2.16. The van der Waals surface area contributed by atoms with Crippen molar-refractivity contribution in [2.24, 2.45) is 4.99 Å². The number of aromatic nitrogens is 1. The van der Waals surface area contributed by atoms with Crippen molar-refractivity contribution in [1.82, 2.24) is 8.87 Å². The maximum atomic E-state index is 12.8. The van der Waals surface area contributed by atoms with Crippen LogP contribution in [0.5, 0.6) is 0 Å². The van der Waals surface area contributed by atoms with Crippen LogP contribution in [-0.2, 0) is 21.3 Å². The molecule has 1 aliphatic carbocycles. The highest BCUT2D eigenvalue weighted by Gasteiger charge is 2.35. The first-order chi connectivity index (χ1) is 14.9. The van der Waals surface area contributed by atoms with E-state index in [1.807, 2.05) is 35.8 Å². The van der Waals surface area contributed by atoms with Gasteiger partial charge in [-0.2, -0.15) is 9.30 Å². The van der Waals surface area contributed by atoms with Gasteiger partial charge in [0.1, 0.15) is 0 Å². The Labute approximate surface area is 185 Å². The van der Waals surface area contributed by atoms with Crippen molar-refractivity contribution < 1.29 is 17.9 Å². The summed E-state index contributed by atoms with van der Waals surface area (Å²) in [6.07, 6.45) is 1.79. The molecule has 1 heterocycles. The van der Waals surface area contributed by atoms with Gasteiger partial charge in [-0.15, -0.1) is 0 Å². The van der Waals surface area contributed by atoms with Gasteiger partial charge >= 0.3 is 0 Å². The van der Waals surface area contributed by atoms with E-state index in [4.69, 9.17) is 4.74 Å². The molecular formula is C22H25N3O4S2. The van der Waals surface area contributed by atoms with Crippen molar-refractivity contribution in [3.05, 3.63) is 58.9 Å². The molecule has 0 N–H and O–H groups in total. The number of carbonyl (C=O) groups is 1. The summed E-state index contributed by atoms with van der Waals surface area (Å²) in [6, 6.07) is 14.0. The van der Waals surface area contributed by atoms with E-state index >= 15 is 0 Å². The second kappa shape index (κ2) is 9.04. The molecule has 0 saturated heterocycles. The van der Waals surface area contributed by atoms with Gasteiger partial charge in [0.05, 0.1) is 21.7 Å². The van der Waals surface area contributed by atoms with Crippen molar-refractivity contribution in [2.45, 2.75) is 37.2 Å². The van der Waals surface area contributed by atoms with Gasteiger partial charge in [0.15, 0.2) is 4.80 Å².